The van der Waals surface area contributed by atoms with E-state index in [2.05, 4.69) is 9.98 Å². The number of aromatic amines is 1. The lowest BCUT2D eigenvalue weighted by molar-refractivity contribution is -0.113. The number of carbonyl (C=O) groups excluding carboxylic acids is 1. The van der Waals surface area contributed by atoms with Gasteiger partial charge >= 0.3 is 5.69 Å². The Kier molecular flexibility index (Phi) is 5.97. The molecule has 3 N–H and O–H groups in total. The molecule has 0 atom stereocenters. The summed E-state index contributed by atoms with van der Waals surface area (Å²) in [7, 11) is 0. The van der Waals surface area contributed by atoms with E-state index in [1.54, 1.807) is 6.08 Å². The average Bonchev–Trinajstić information content (AvgIpc) is 3.18. The minimum atomic E-state index is -0.782. The van der Waals surface area contributed by atoms with Crippen molar-refractivity contribution in [2.24, 2.45) is 4.99 Å². The van der Waals surface area contributed by atoms with Crippen LogP contribution < -0.4 is 17.0 Å². The quantitative estimate of drug-likeness (QED) is 0.288. The van der Waals surface area contributed by atoms with E-state index in [1.807, 2.05) is 47.8 Å². The summed E-state index contributed by atoms with van der Waals surface area (Å²) in [5, 5.41) is 1.60. The molecule has 1 aromatic carbocycles. The van der Waals surface area contributed by atoms with Gasteiger partial charge in [0.25, 0.3) is 11.5 Å². The number of amides is 1. The van der Waals surface area contributed by atoms with Crippen molar-refractivity contribution in [3.63, 3.8) is 0 Å². The number of rotatable bonds is 5. The minimum absolute atomic E-state index is 0.138. The molecule has 7 nitrogen and oxygen atoms in total. The second-order valence-corrected chi connectivity index (χ2v) is 7.06. The van der Waals surface area contributed by atoms with E-state index in [1.165, 1.54) is 22.0 Å². The van der Waals surface area contributed by atoms with Crippen LogP contribution in [0.3, 0.4) is 0 Å². The third-order valence-corrected chi connectivity index (χ3v) is 4.92. The molecular formula is C19H15N4O3S2-. The first-order chi connectivity index (χ1) is 13.5. The lowest BCUT2D eigenvalue weighted by atomic mass is 10.2. The molecule has 0 aliphatic heterocycles. The van der Waals surface area contributed by atoms with E-state index < -0.39 is 17.2 Å². The molecule has 0 aliphatic rings. The molecule has 0 unspecified atom stereocenters. The number of H-pyrrole nitrogens is 1. The number of nitrogens with two attached hydrogens (primary N) is 1. The Balaban J connectivity index is 1.94. The topological polar surface area (TPSA) is 110 Å². The Hall–Kier alpha value is -3.30. The molecule has 28 heavy (non-hydrogen) atoms. The molecule has 0 radical (unpaired) electrons. The van der Waals surface area contributed by atoms with Crippen LogP contribution in [0, 0.1) is 0 Å². The third-order valence-electron chi connectivity index (χ3n) is 3.78. The monoisotopic (exact) mass is 411 g/mol. The zero-order valence-corrected chi connectivity index (χ0v) is 16.1. The SMILES string of the molecule is Nc1c(C([S-])=NC(=O)C=Cc2cccs2)c(=O)[nH]c(=O)n1Cc1ccccc1. The number of nitrogen functional groups attached to an aromatic ring is 1. The predicted molar refractivity (Wildman–Crippen MR) is 114 cm³/mol. The Morgan fingerprint density at radius 2 is 1.96 bits per heavy atom. The van der Waals surface area contributed by atoms with Crippen LogP contribution >= 0.6 is 11.3 Å². The summed E-state index contributed by atoms with van der Waals surface area (Å²) in [4.78, 5) is 43.2. The molecule has 0 saturated carbocycles. The number of hydrogen-bond donors (Lipinski definition) is 2. The summed E-state index contributed by atoms with van der Waals surface area (Å²) >= 11 is 6.58. The fourth-order valence-electron chi connectivity index (χ4n) is 2.45. The van der Waals surface area contributed by atoms with Gasteiger partial charge in [0, 0.05) is 11.0 Å². The fraction of sp³-hybridized carbons (Fsp3) is 0.0526. The number of nitrogens with one attached hydrogen (secondary N) is 1. The van der Waals surface area contributed by atoms with Crippen molar-refractivity contribution in [1.82, 2.24) is 9.55 Å². The van der Waals surface area contributed by atoms with Crippen molar-refractivity contribution < 1.29 is 4.79 Å². The summed E-state index contributed by atoms with van der Waals surface area (Å²) in [6.45, 7) is 0.143. The first kappa shape index (κ1) is 19.5. The summed E-state index contributed by atoms with van der Waals surface area (Å²) < 4.78 is 1.18. The van der Waals surface area contributed by atoms with Crippen LogP contribution in [-0.4, -0.2) is 20.5 Å². The molecule has 0 aliphatic carbocycles. The Morgan fingerprint density at radius 1 is 1.21 bits per heavy atom. The number of anilines is 1. The van der Waals surface area contributed by atoms with Crippen molar-refractivity contribution in [1.29, 1.82) is 0 Å². The average molecular weight is 411 g/mol. The maximum absolute atomic E-state index is 12.2. The van der Waals surface area contributed by atoms with Gasteiger partial charge in [0.05, 0.1) is 12.1 Å². The van der Waals surface area contributed by atoms with E-state index in [0.717, 1.165) is 10.4 Å². The molecular weight excluding hydrogens is 396 g/mol. The summed E-state index contributed by atoms with van der Waals surface area (Å²) in [5.74, 6) is -0.764. The molecule has 0 bridgehead atoms. The summed E-state index contributed by atoms with van der Waals surface area (Å²) in [6, 6.07) is 12.8. The maximum Gasteiger partial charge on any atom is 0.330 e. The largest absolute Gasteiger partial charge is 0.759 e. The van der Waals surface area contributed by atoms with Crippen molar-refractivity contribution in [2.75, 3.05) is 5.73 Å². The Bertz CT molecular complexity index is 1160. The zero-order chi connectivity index (χ0) is 20.1. The number of aromatic nitrogens is 2. The number of benzene rings is 1. The number of aliphatic imine (C=N–C) groups is 1. The smallest absolute Gasteiger partial charge is 0.330 e. The highest BCUT2D eigenvalue weighted by atomic mass is 32.1. The molecule has 0 fully saturated rings. The lowest BCUT2D eigenvalue weighted by Crippen LogP contribution is -2.36. The van der Waals surface area contributed by atoms with E-state index in [9.17, 15) is 14.4 Å². The first-order valence-electron chi connectivity index (χ1n) is 8.14. The van der Waals surface area contributed by atoms with Crippen LogP contribution in [-0.2, 0) is 24.0 Å². The number of nitrogens with zero attached hydrogens (tertiary/aromatic N) is 2. The normalized spacial score (nSPS) is 11.8. The van der Waals surface area contributed by atoms with Crippen molar-refractivity contribution in [3.05, 3.63) is 90.8 Å². The molecule has 2 heterocycles. The molecule has 9 heteroatoms. The standard InChI is InChI=1S/C19H16N4O3S2/c20-16-15(18(27)21-14(24)9-8-13-7-4-10-28-13)17(25)22-19(26)23(16)11-12-5-2-1-3-6-12/h1-10H,11,20H2,(H,21,24,27)(H,22,25,26)/p-1. The van der Waals surface area contributed by atoms with E-state index in [4.69, 9.17) is 18.4 Å². The maximum atomic E-state index is 12.2. The van der Waals surface area contributed by atoms with Crippen LogP contribution in [0.25, 0.3) is 6.08 Å². The van der Waals surface area contributed by atoms with E-state index >= 15 is 0 Å². The van der Waals surface area contributed by atoms with Gasteiger partial charge in [-0.25, -0.2) is 9.79 Å². The molecule has 3 rings (SSSR count). The molecule has 0 spiro atoms. The summed E-state index contributed by atoms with van der Waals surface area (Å²) in [5.41, 5.74) is 5.22. The van der Waals surface area contributed by atoms with Gasteiger partial charge in [-0.05, 0) is 23.1 Å². The van der Waals surface area contributed by atoms with E-state index in [0.29, 0.717) is 0 Å². The van der Waals surface area contributed by atoms with Gasteiger partial charge in [0.15, 0.2) is 0 Å². The minimum Gasteiger partial charge on any atom is -0.759 e. The Labute approximate surface area is 169 Å². The highest BCUT2D eigenvalue weighted by Crippen LogP contribution is 2.11. The van der Waals surface area contributed by atoms with Gasteiger partial charge in [-0.2, -0.15) is 0 Å². The first-order valence-corrected chi connectivity index (χ1v) is 9.42. The second-order valence-electron chi connectivity index (χ2n) is 5.70. The molecule has 1 amide bonds. The highest BCUT2D eigenvalue weighted by Gasteiger charge is 2.12. The second kappa shape index (κ2) is 8.59. The number of thiophene rings is 1. The highest BCUT2D eigenvalue weighted by molar-refractivity contribution is 7.78. The van der Waals surface area contributed by atoms with E-state index in [-0.39, 0.29) is 23.0 Å². The molecule has 142 valence electrons. The van der Waals surface area contributed by atoms with Crippen molar-refractivity contribution in [2.45, 2.75) is 6.54 Å². The van der Waals surface area contributed by atoms with Crippen LogP contribution in [0.4, 0.5) is 5.82 Å². The molecule has 2 aromatic heterocycles. The van der Waals surface area contributed by atoms with Crippen LogP contribution in [0.2, 0.25) is 0 Å². The van der Waals surface area contributed by atoms with Crippen LogP contribution in [0.15, 0.2) is 68.5 Å². The molecule has 3 aromatic rings. The van der Waals surface area contributed by atoms with Crippen molar-refractivity contribution >= 4 is 46.8 Å². The van der Waals surface area contributed by atoms with Gasteiger partial charge in [-0.3, -0.25) is 19.1 Å². The summed E-state index contributed by atoms with van der Waals surface area (Å²) in [6.07, 6.45) is 2.85. The van der Waals surface area contributed by atoms with Gasteiger partial charge < -0.3 is 18.4 Å². The number of carbonyl (C=O) groups is 1. The Morgan fingerprint density at radius 3 is 2.64 bits per heavy atom. The lowest BCUT2D eigenvalue weighted by Gasteiger charge is -2.16. The van der Waals surface area contributed by atoms with Crippen LogP contribution in [0.1, 0.15) is 16.0 Å². The molecule has 0 saturated heterocycles. The fourth-order valence-corrected chi connectivity index (χ4v) is 3.36. The van der Waals surface area contributed by atoms with Crippen molar-refractivity contribution in [3.8, 4) is 0 Å². The predicted octanol–water partition coefficient (Wildman–Crippen LogP) is 1.76. The van der Waals surface area contributed by atoms with Gasteiger partial charge in [-0.15, -0.1) is 11.3 Å². The van der Waals surface area contributed by atoms with Gasteiger partial charge in [0.2, 0.25) is 0 Å². The third kappa shape index (κ3) is 4.51. The number of hydrogen-bond acceptors (Lipinski definition) is 6. The van der Waals surface area contributed by atoms with Crippen LogP contribution in [0.5, 0.6) is 0 Å². The van der Waals surface area contributed by atoms with Gasteiger partial charge in [0.1, 0.15) is 5.82 Å². The zero-order valence-electron chi connectivity index (χ0n) is 14.5. The van der Waals surface area contributed by atoms with Gasteiger partial charge in [-0.1, -0.05) is 41.4 Å².